The van der Waals surface area contributed by atoms with Crippen LogP contribution in [0.1, 0.15) is 30.4 Å². The SMILES string of the molecule is COc1ccc(-c2ccc(CCC(CCCc3cccc4ccccc34)C(=O)O)cc2)cc1. The van der Waals surface area contributed by atoms with E-state index in [0.29, 0.717) is 12.8 Å². The molecule has 0 saturated heterocycles. The van der Waals surface area contributed by atoms with Crippen LogP contribution in [0, 0.1) is 5.92 Å². The van der Waals surface area contributed by atoms with Crippen LogP contribution in [0.4, 0.5) is 0 Å². The van der Waals surface area contributed by atoms with Crippen LogP contribution in [-0.4, -0.2) is 18.2 Å². The molecule has 33 heavy (non-hydrogen) atoms. The molecule has 1 unspecified atom stereocenters. The molecule has 0 radical (unpaired) electrons. The maximum absolute atomic E-state index is 11.9. The van der Waals surface area contributed by atoms with Gasteiger partial charge in [-0.05, 0) is 77.3 Å². The zero-order valence-corrected chi connectivity index (χ0v) is 19.0. The molecule has 0 bridgehead atoms. The minimum atomic E-state index is -0.692. The van der Waals surface area contributed by atoms with Gasteiger partial charge in [-0.15, -0.1) is 0 Å². The first-order valence-electron chi connectivity index (χ1n) is 11.6. The predicted octanol–water partition coefficient (Wildman–Crippen LogP) is 7.17. The summed E-state index contributed by atoms with van der Waals surface area (Å²) in [4.78, 5) is 11.9. The lowest BCUT2D eigenvalue weighted by molar-refractivity contribution is -0.142. The van der Waals surface area contributed by atoms with Crippen molar-refractivity contribution >= 4 is 16.7 Å². The van der Waals surface area contributed by atoms with E-state index in [-0.39, 0.29) is 5.92 Å². The second-order valence-corrected chi connectivity index (χ2v) is 8.53. The number of hydrogen-bond donors (Lipinski definition) is 1. The van der Waals surface area contributed by atoms with Crippen molar-refractivity contribution in [3.05, 3.63) is 102 Å². The number of aryl methyl sites for hydroxylation is 2. The maximum Gasteiger partial charge on any atom is 0.306 e. The smallest absolute Gasteiger partial charge is 0.306 e. The zero-order valence-electron chi connectivity index (χ0n) is 19.0. The Bertz CT molecular complexity index is 1190. The van der Waals surface area contributed by atoms with E-state index in [1.807, 2.05) is 24.3 Å². The summed E-state index contributed by atoms with van der Waals surface area (Å²) in [7, 11) is 1.66. The Hall–Kier alpha value is -3.59. The highest BCUT2D eigenvalue weighted by atomic mass is 16.5. The summed E-state index contributed by atoms with van der Waals surface area (Å²) >= 11 is 0. The number of carboxylic acid groups (broad SMARTS) is 1. The molecule has 4 rings (SSSR count). The van der Waals surface area contributed by atoms with E-state index >= 15 is 0 Å². The Kier molecular flexibility index (Phi) is 7.41. The lowest BCUT2D eigenvalue weighted by Gasteiger charge is -2.13. The van der Waals surface area contributed by atoms with Crippen molar-refractivity contribution in [1.82, 2.24) is 0 Å². The molecule has 0 aromatic heterocycles. The Morgan fingerprint density at radius 1 is 0.788 bits per heavy atom. The predicted molar refractivity (Wildman–Crippen MR) is 135 cm³/mol. The minimum Gasteiger partial charge on any atom is -0.497 e. The summed E-state index contributed by atoms with van der Waals surface area (Å²) in [5.74, 6) is -0.167. The summed E-state index contributed by atoms with van der Waals surface area (Å²) in [6.45, 7) is 0. The fraction of sp³-hybridized carbons (Fsp3) is 0.233. The largest absolute Gasteiger partial charge is 0.497 e. The number of methoxy groups -OCH3 is 1. The Labute approximate surface area is 195 Å². The summed E-state index contributed by atoms with van der Waals surface area (Å²) in [6, 6.07) is 31.2. The van der Waals surface area contributed by atoms with Crippen LogP contribution in [0.2, 0.25) is 0 Å². The molecule has 4 aromatic carbocycles. The molecule has 0 aliphatic carbocycles. The molecular weight excluding hydrogens is 408 g/mol. The van der Waals surface area contributed by atoms with Gasteiger partial charge in [-0.25, -0.2) is 0 Å². The lowest BCUT2D eigenvalue weighted by Crippen LogP contribution is -2.15. The first-order valence-corrected chi connectivity index (χ1v) is 11.6. The van der Waals surface area contributed by atoms with Gasteiger partial charge < -0.3 is 9.84 Å². The van der Waals surface area contributed by atoms with Gasteiger partial charge in [0.2, 0.25) is 0 Å². The summed E-state index contributed by atoms with van der Waals surface area (Å²) in [5.41, 5.74) is 4.75. The van der Waals surface area contributed by atoms with Gasteiger partial charge in [-0.1, -0.05) is 78.9 Å². The van der Waals surface area contributed by atoms with Gasteiger partial charge in [0.1, 0.15) is 5.75 Å². The van der Waals surface area contributed by atoms with Crippen molar-refractivity contribution in [1.29, 1.82) is 0 Å². The summed E-state index contributed by atoms with van der Waals surface area (Å²) in [5, 5.41) is 12.3. The van der Waals surface area contributed by atoms with E-state index in [1.54, 1.807) is 7.11 Å². The first-order chi connectivity index (χ1) is 16.1. The van der Waals surface area contributed by atoms with Crippen molar-refractivity contribution in [2.45, 2.75) is 32.1 Å². The first kappa shape index (κ1) is 22.6. The van der Waals surface area contributed by atoms with E-state index in [0.717, 1.165) is 36.1 Å². The van der Waals surface area contributed by atoms with E-state index in [4.69, 9.17) is 4.74 Å². The molecule has 0 saturated carbocycles. The highest BCUT2D eigenvalue weighted by molar-refractivity contribution is 5.85. The molecule has 1 atom stereocenters. The Morgan fingerprint density at radius 3 is 2.15 bits per heavy atom. The third kappa shape index (κ3) is 5.81. The number of hydrogen-bond acceptors (Lipinski definition) is 2. The maximum atomic E-state index is 11.9. The van der Waals surface area contributed by atoms with Crippen molar-refractivity contribution < 1.29 is 14.6 Å². The van der Waals surface area contributed by atoms with E-state index in [2.05, 4.69) is 66.7 Å². The van der Waals surface area contributed by atoms with Gasteiger partial charge in [0.25, 0.3) is 0 Å². The molecule has 168 valence electrons. The second kappa shape index (κ2) is 10.8. The highest BCUT2D eigenvalue weighted by Crippen LogP contribution is 2.25. The van der Waals surface area contributed by atoms with Crippen LogP contribution < -0.4 is 4.74 Å². The molecule has 0 aliphatic heterocycles. The van der Waals surface area contributed by atoms with Crippen molar-refractivity contribution in [2.24, 2.45) is 5.92 Å². The van der Waals surface area contributed by atoms with Crippen LogP contribution in [0.25, 0.3) is 21.9 Å². The monoisotopic (exact) mass is 438 g/mol. The number of aliphatic carboxylic acids is 1. The van der Waals surface area contributed by atoms with E-state index < -0.39 is 5.97 Å². The molecule has 0 heterocycles. The third-order valence-corrected chi connectivity index (χ3v) is 6.39. The zero-order chi connectivity index (χ0) is 23.0. The summed E-state index contributed by atoms with van der Waals surface area (Å²) < 4.78 is 5.22. The van der Waals surface area contributed by atoms with Gasteiger partial charge in [-0.3, -0.25) is 4.79 Å². The van der Waals surface area contributed by atoms with E-state index in [9.17, 15) is 9.90 Å². The van der Waals surface area contributed by atoms with Crippen molar-refractivity contribution in [3.63, 3.8) is 0 Å². The second-order valence-electron chi connectivity index (χ2n) is 8.53. The third-order valence-electron chi connectivity index (χ3n) is 6.39. The minimum absolute atomic E-state index is 0.318. The molecule has 0 amide bonds. The number of carboxylic acids is 1. The fourth-order valence-corrected chi connectivity index (χ4v) is 4.43. The van der Waals surface area contributed by atoms with Crippen LogP contribution in [0.15, 0.2) is 91.0 Å². The number of fused-ring (bicyclic) bond motifs is 1. The van der Waals surface area contributed by atoms with Crippen LogP contribution >= 0.6 is 0 Å². The Morgan fingerprint density at radius 2 is 1.45 bits per heavy atom. The standard InChI is InChI=1S/C30H30O3/c1-33-28-20-18-24(19-21-28)23-15-12-22(13-16-23)14-17-27(30(31)32)10-5-9-26-8-4-7-25-6-2-3-11-29(25)26/h2-4,6-8,11-13,15-16,18-21,27H,5,9-10,14,17H2,1H3,(H,31,32). The number of benzene rings is 4. The van der Waals surface area contributed by atoms with Crippen LogP contribution in [-0.2, 0) is 17.6 Å². The Balaban J connectivity index is 1.32. The number of ether oxygens (including phenoxy) is 1. The average Bonchev–Trinajstić information content (AvgIpc) is 2.86. The van der Waals surface area contributed by atoms with E-state index in [1.165, 1.54) is 21.9 Å². The molecular formula is C30H30O3. The highest BCUT2D eigenvalue weighted by Gasteiger charge is 2.17. The van der Waals surface area contributed by atoms with Gasteiger partial charge >= 0.3 is 5.97 Å². The molecule has 3 heteroatoms. The van der Waals surface area contributed by atoms with Crippen molar-refractivity contribution in [2.75, 3.05) is 7.11 Å². The van der Waals surface area contributed by atoms with Crippen LogP contribution in [0.3, 0.4) is 0 Å². The van der Waals surface area contributed by atoms with Gasteiger partial charge in [0, 0.05) is 0 Å². The quantitative estimate of drug-likeness (QED) is 0.285. The average molecular weight is 439 g/mol. The molecule has 0 fully saturated rings. The molecule has 4 aromatic rings. The van der Waals surface area contributed by atoms with Crippen molar-refractivity contribution in [3.8, 4) is 16.9 Å². The fourth-order valence-electron chi connectivity index (χ4n) is 4.43. The molecule has 3 nitrogen and oxygen atoms in total. The normalized spacial score (nSPS) is 11.9. The number of carbonyl (C=O) groups is 1. The van der Waals surface area contributed by atoms with Gasteiger partial charge in [0.15, 0.2) is 0 Å². The molecule has 1 N–H and O–H groups in total. The van der Waals surface area contributed by atoms with Crippen LogP contribution in [0.5, 0.6) is 5.75 Å². The molecule has 0 aliphatic rings. The topological polar surface area (TPSA) is 46.5 Å². The number of rotatable bonds is 10. The lowest BCUT2D eigenvalue weighted by atomic mass is 9.92. The van der Waals surface area contributed by atoms with Gasteiger partial charge in [0.05, 0.1) is 13.0 Å². The summed E-state index contributed by atoms with van der Waals surface area (Å²) in [6.07, 6.45) is 3.91. The van der Waals surface area contributed by atoms with Gasteiger partial charge in [-0.2, -0.15) is 0 Å². The molecule has 0 spiro atoms.